The molecule has 0 bridgehead atoms. The van der Waals surface area contributed by atoms with Crippen molar-refractivity contribution >= 4 is 33.3 Å². The Hall–Kier alpha value is -2.34. The molecule has 0 spiro atoms. The van der Waals surface area contributed by atoms with Crippen LogP contribution >= 0.6 is 11.3 Å². The summed E-state index contributed by atoms with van der Waals surface area (Å²) in [6.45, 7) is 0. The van der Waals surface area contributed by atoms with Gasteiger partial charge in [0.2, 0.25) is 0 Å². The lowest BCUT2D eigenvalue weighted by Gasteiger charge is -2.04. The van der Waals surface area contributed by atoms with Gasteiger partial charge < -0.3 is 0 Å². The molecule has 2 nitrogen and oxygen atoms in total. The smallest absolute Gasteiger partial charge is 0.279 e. The van der Waals surface area contributed by atoms with Gasteiger partial charge in [-0.05, 0) is 23.8 Å². The van der Waals surface area contributed by atoms with E-state index in [0.717, 1.165) is 28.0 Å². The van der Waals surface area contributed by atoms with Gasteiger partial charge in [0.05, 0.1) is 17.5 Å². The molecule has 3 rings (SSSR count). The third-order valence-electron chi connectivity index (χ3n) is 3.09. The molecule has 2 aromatic carbocycles. The molecule has 112 valence electrons. The number of rotatable bonds is 3. The molecule has 0 saturated heterocycles. The lowest BCUT2D eigenvalue weighted by atomic mass is 10.1. The minimum Gasteiger partial charge on any atom is -0.279 e. The van der Waals surface area contributed by atoms with Crippen LogP contribution < -0.4 is 5.43 Å². The zero-order valence-corrected chi connectivity index (χ0v) is 12.1. The quantitative estimate of drug-likeness (QED) is 0.509. The van der Waals surface area contributed by atoms with Gasteiger partial charge in [-0.1, -0.05) is 30.3 Å². The summed E-state index contributed by atoms with van der Waals surface area (Å²) in [5.41, 5.74) is 3.86. The van der Waals surface area contributed by atoms with Crippen molar-refractivity contribution in [1.82, 2.24) is 0 Å². The van der Waals surface area contributed by atoms with Gasteiger partial charge in [-0.25, -0.2) is 0 Å². The Morgan fingerprint density at radius 2 is 1.82 bits per heavy atom. The molecule has 1 aromatic heterocycles. The molecule has 1 N–H and O–H groups in total. The number of anilines is 1. The number of hydrazone groups is 1. The highest BCUT2D eigenvalue weighted by atomic mass is 32.1. The summed E-state index contributed by atoms with van der Waals surface area (Å²) in [6, 6.07) is 14.2. The SMILES string of the molecule is FC(F)(F)c1csc2cc(C=NNc3ccccc3)ccc12. The van der Waals surface area contributed by atoms with Crippen LogP contribution in [0.5, 0.6) is 0 Å². The molecule has 0 atom stereocenters. The minimum absolute atomic E-state index is 0.227. The molecule has 0 saturated carbocycles. The molecular weight excluding hydrogens is 309 g/mol. The zero-order chi connectivity index (χ0) is 15.6. The van der Waals surface area contributed by atoms with E-state index < -0.39 is 11.7 Å². The maximum absolute atomic E-state index is 12.8. The molecular formula is C16H11F3N2S. The van der Waals surface area contributed by atoms with E-state index in [4.69, 9.17) is 0 Å². The van der Waals surface area contributed by atoms with Gasteiger partial charge in [-0.3, -0.25) is 5.43 Å². The molecule has 0 aliphatic rings. The normalized spacial score (nSPS) is 12.1. The largest absolute Gasteiger partial charge is 0.417 e. The Morgan fingerprint density at radius 1 is 1.05 bits per heavy atom. The number of nitrogens with one attached hydrogen (secondary N) is 1. The first-order valence-electron chi connectivity index (χ1n) is 6.46. The molecule has 0 aliphatic heterocycles. The van der Waals surface area contributed by atoms with E-state index in [1.54, 1.807) is 18.3 Å². The average Bonchev–Trinajstić information content (AvgIpc) is 2.91. The highest BCUT2D eigenvalue weighted by Crippen LogP contribution is 2.38. The summed E-state index contributed by atoms with van der Waals surface area (Å²) in [5, 5.41) is 5.46. The fourth-order valence-electron chi connectivity index (χ4n) is 2.04. The van der Waals surface area contributed by atoms with E-state index in [1.165, 1.54) is 6.07 Å². The summed E-state index contributed by atoms with van der Waals surface area (Å²) < 4.78 is 39.0. The van der Waals surface area contributed by atoms with E-state index >= 15 is 0 Å². The van der Waals surface area contributed by atoms with Crippen LogP contribution in [0.1, 0.15) is 11.1 Å². The summed E-state index contributed by atoms with van der Waals surface area (Å²) in [7, 11) is 0. The number of halogens is 3. The van der Waals surface area contributed by atoms with Gasteiger partial charge in [0, 0.05) is 15.5 Å². The monoisotopic (exact) mass is 320 g/mol. The number of nitrogens with zero attached hydrogens (tertiary/aromatic N) is 1. The van der Waals surface area contributed by atoms with Crippen molar-refractivity contribution in [2.45, 2.75) is 6.18 Å². The van der Waals surface area contributed by atoms with Crippen LogP contribution in [0.3, 0.4) is 0 Å². The van der Waals surface area contributed by atoms with E-state index in [9.17, 15) is 13.2 Å². The van der Waals surface area contributed by atoms with Crippen molar-refractivity contribution in [2.75, 3.05) is 5.43 Å². The van der Waals surface area contributed by atoms with Crippen LogP contribution in [-0.4, -0.2) is 6.21 Å². The van der Waals surface area contributed by atoms with Crippen molar-refractivity contribution in [3.63, 3.8) is 0 Å². The number of fused-ring (bicyclic) bond motifs is 1. The fraction of sp³-hybridized carbons (Fsp3) is 0.0625. The second-order valence-electron chi connectivity index (χ2n) is 4.64. The minimum atomic E-state index is -4.32. The van der Waals surface area contributed by atoms with Gasteiger partial charge in [-0.15, -0.1) is 11.3 Å². The van der Waals surface area contributed by atoms with Gasteiger partial charge in [-0.2, -0.15) is 18.3 Å². The Kier molecular flexibility index (Phi) is 3.85. The van der Waals surface area contributed by atoms with Crippen LogP contribution in [0, 0.1) is 0 Å². The number of benzene rings is 2. The molecule has 0 fully saturated rings. The van der Waals surface area contributed by atoms with E-state index in [0.29, 0.717) is 4.70 Å². The molecule has 0 aliphatic carbocycles. The second-order valence-corrected chi connectivity index (χ2v) is 5.55. The summed E-state index contributed by atoms with van der Waals surface area (Å²) in [5.74, 6) is 0. The maximum atomic E-state index is 12.8. The first-order valence-corrected chi connectivity index (χ1v) is 7.34. The maximum Gasteiger partial charge on any atom is 0.417 e. The van der Waals surface area contributed by atoms with E-state index in [1.807, 2.05) is 30.3 Å². The molecule has 1 heterocycles. The van der Waals surface area contributed by atoms with Crippen LogP contribution in [-0.2, 0) is 6.18 Å². The number of alkyl halides is 3. The third kappa shape index (κ3) is 3.12. The second kappa shape index (κ2) is 5.81. The Morgan fingerprint density at radius 3 is 2.55 bits per heavy atom. The predicted molar refractivity (Wildman–Crippen MR) is 84.5 cm³/mol. The third-order valence-corrected chi connectivity index (χ3v) is 4.03. The van der Waals surface area contributed by atoms with Gasteiger partial charge in [0.1, 0.15) is 0 Å². The highest BCUT2D eigenvalue weighted by molar-refractivity contribution is 7.17. The van der Waals surface area contributed by atoms with Crippen LogP contribution in [0.2, 0.25) is 0 Å². The number of thiophene rings is 1. The molecule has 22 heavy (non-hydrogen) atoms. The lowest BCUT2D eigenvalue weighted by molar-refractivity contribution is -0.136. The standard InChI is InChI=1S/C16H11F3N2S/c17-16(18,19)14-10-22-15-8-11(6-7-13(14)15)9-20-21-12-4-2-1-3-5-12/h1-10,21H. The first-order chi connectivity index (χ1) is 10.5. The Balaban J connectivity index is 1.81. The number of para-hydroxylation sites is 1. The summed E-state index contributed by atoms with van der Waals surface area (Å²) in [4.78, 5) is 0. The summed E-state index contributed by atoms with van der Waals surface area (Å²) in [6.07, 6.45) is -2.73. The first kappa shape index (κ1) is 14.6. The van der Waals surface area contributed by atoms with E-state index in [2.05, 4.69) is 10.5 Å². The molecule has 3 aromatic rings. The number of hydrogen-bond acceptors (Lipinski definition) is 3. The molecule has 0 amide bonds. The predicted octanol–water partition coefficient (Wildman–Crippen LogP) is 5.37. The Bertz CT molecular complexity index is 807. The molecule has 0 unspecified atom stereocenters. The van der Waals surface area contributed by atoms with E-state index in [-0.39, 0.29) is 5.39 Å². The lowest BCUT2D eigenvalue weighted by Crippen LogP contribution is -2.03. The topological polar surface area (TPSA) is 24.4 Å². The van der Waals surface area contributed by atoms with Crippen molar-refractivity contribution in [3.05, 3.63) is 65.0 Å². The van der Waals surface area contributed by atoms with Crippen LogP contribution in [0.15, 0.2) is 59.0 Å². The van der Waals surface area contributed by atoms with Crippen molar-refractivity contribution in [3.8, 4) is 0 Å². The zero-order valence-electron chi connectivity index (χ0n) is 11.3. The fourth-order valence-corrected chi connectivity index (χ4v) is 3.05. The highest BCUT2D eigenvalue weighted by Gasteiger charge is 2.33. The van der Waals surface area contributed by atoms with Crippen LogP contribution in [0.4, 0.5) is 18.9 Å². The molecule has 0 radical (unpaired) electrons. The molecule has 6 heteroatoms. The van der Waals surface area contributed by atoms with Crippen molar-refractivity contribution < 1.29 is 13.2 Å². The van der Waals surface area contributed by atoms with Gasteiger partial charge >= 0.3 is 6.18 Å². The van der Waals surface area contributed by atoms with Gasteiger partial charge in [0.15, 0.2) is 0 Å². The summed E-state index contributed by atoms with van der Waals surface area (Å²) >= 11 is 1.08. The number of hydrogen-bond donors (Lipinski definition) is 1. The average molecular weight is 320 g/mol. The van der Waals surface area contributed by atoms with Crippen molar-refractivity contribution in [2.24, 2.45) is 5.10 Å². The van der Waals surface area contributed by atoms with Crippen LogP contribution in [0.25, 0.3) is 10.1 Å². The Labute approximate surface area is 128 Å². The van der Waals surface area contributed by atoms with Crippen molar-refractivity contribution in [1.29, 1.82) is 0 Å². The van der Waals surface area contributed by atoms with Gasteiger partial charge in [0.25, 0.3) is 0 Å².